The maximum absolute atomic E-state index is 11.6. The Morgan fingerprint density at radius 1 is 1.24 bits per heavy atom. The summed E-state index contributed by atoms with van der Waals surface area (Å²) in [4.78, 5) is 23.2. The highest BCUT2D eigenvalue weighted by atomic mass is 16.5. The van der Waals surface area contributed by atoms with Crippen LogP contribution in [0.15, 0.2) is 18.2 Å². The number of ether oxygens (including phenoxy) is 1. The normalized spacial score (nSPS) is 10.0. The van der Waals surface area contributed by atoms with Crippen LogP contribution in [0.5, 0.6) is 5.75 Å². The highest BCUT2D eigenvalue weighted by molar-refractivity contribution is 5.95. The lowest BCUT2D eigenvalue weighted by atomic mass is 10.2. The van der Waals surface area contributed by atoms with Crippen molar-refractivity contribution >= 4 is 17.5 Å². The summed E-state index contributed by atoms with van der Waals surface area (Å²) in [5.74, 6) is 0.0254. The largest absolute Gasteiger partial charge is 0.482 e. The van der Waals surface area contributed by atoms with Gasteiger partial charge in [0.15, 0.2) is 6.61 Å². The van der Waals surface area contributed by atoms with Crippen molar-refractivity contribution in [3.8, 4) is 5.75 Å². The molecule has 4 N–H and O–H groups in total. The molecule has 1 rings (SSSR count). The lowest BCUT2D eigenvalue weighted by molar-refractivity contribution is -0.123. The van der Waals surface area contributed by atoms with Crippen molar-refractivity contribution in [3.05, 3.63) is 23.8 Å². The van der Waals surface area contributed by atoms with Crippen LogP contribution in [0.2, 0.25) is 0 Å². The Hall–Kier alpha value is -2.24. The van der Waals surface area contributed by atoms with E-state index in [1.807, 2.05) is 6.92 Å². The average molecular weight is 293 g/mol. The van der Waals surface area contributed by atoms with Gasteiger partial charge in [-0.25, -0.2) is 0 Å². The topological polar surface area (TPSA) is 93.4 Å². The smallest absolute Gasteiger partial charge is 0.257 e. The van der Waals surface area contributed by atoms with Gasteiger partial charge < -0.3 is 21.1 Å². The molecule has 0 aromatic heterocycles. The minimum absolute atomic E-state index is 0.0889. The summed E-state index contributed by atoms with van der Waals surface area (Å²) in [7, 11) is 0. The fourth-order valence-electron chi connectivity index (χ4n) is 1.68. The van der Waals surface area contributed by atoms with E-state index in [1.165, 1.54) is 6.07 Å². The van der Waals surface area contributed by atoms with Crippen LogP contribution in [0.4, 0.5) is 5.69 Å². The van der Waals surface area contributed by atoms with Gasteiger partial charge in [-0.05, 0) is 31.5 Å². The summed E-state index contributed by atoms with van der Waals surface area (Å²) >= 11 is 0. The SMILES string of the molecule is CCCCNC(=O)COc1ccc(C(=O)NCC)cc1N. The molecule has 21 heavy (non-hydrogen) atoms. The third-order valence-electron chi connectivity index (χ3n) is 2.82. The van der Waals surface area contributed by atoms with E-state index in [4.69, 9.17) is 10.5 Å². The van der Waals surface area contributed by atoms with E-state index in [0.717, 1.165) is 12.8 Å². The lowest BCUT2D eigenvalue weighted by Gasteiger charge is -2.10. The van der Waals surface area contributed by atoms with Crippen molar-refractivity contribution in [2.45, 2.75) is 26.7 Å². The van der Waals surface area contributed by atoms with Gasteiger partial charge in [0.25, 0.3) is 11.8 Å². The molecule has 0 atom stereocenters. The fraction of sp³-hybridized carbons (Fsp3) is 0.467. The number of hydrogen-bond acceptors (Lipinski definition) is 4. The Kier molecular flexibility index (Phi) is 7.08. The highest BCUT2D eigenvalue weighted by Gasteiger charge is 2.09. The van der Waals surface area contributed by atoms with Gasteiger partial charge in [0.2, 0.25) is 0 Å². The van der Waals surface area contributed by atoms with Gasteiger partial charge in [-0.2, -0.15) is 0 Å². The number of amides is 2. The molecule has 0 fully saturated rings. The molecule has 0 spiro atoms. The molecule has 0 saturated carbocycles. The molecule has 0 heterocycles. The van der Waals surface area contributed by atoms with Crippen LogP contribution < -0.4 is 21.1 Å². The van der Waals surface area contributed by atoms with Crippen molar-refractivity contribution < 1.29 is 14.3 Å². The molecule has 0 aliphatic rings. The Labute approximate surface area is 125 Å². The van der Waals surface area contributed by atoms with Gasteiger partial charge in [-0.3, -0.25) is 9.59 Å². The molecule has 0 bridgehead atoms. The van der Waals surface area contributed by atoms with Crippen molar-refractivity contribution in [2.24, 2.45) is 0 Å². The molecule has 0 saturated heterocycles. The second kappa shape index (κ2) is 8.84. The number of nitrogens with one attached hydrogen (secondary N) is 2. The van der Waals surface area contributed by atoms with Crippen LogP contribution in [0, 0.1) is 0 Å². The molecule has 6 heteroatoms. The minimum Gasteiger partial charge on any atom is -0.482 e. The van der Waals surface area contributed by atoms with Crippen molar-refractivity contribution in [1.29, 1.82) is 0 Å². The van der Waals surface area contributed by atoms with Crippen LogP contribution in [0.25, 0.3) is 0 Å². The summed E-state index contributed by atoms with van der Waals surface area (Å²) in [6.07, 6.45) is 1.96. The predicted octanol–water partition coefficient (Wildman–Crippen LogP) is 1.31. The summed E-state index contributed by atoms with van der Waals surface area (Å²) < 4.78 is 5.36. The van der Waals surface area contributed by atoms with Crippen molar-refractivity contribution in [2.75, 3.05) is 25.4 Å². The standard InChI is InChI=1S/C15H23N3O3/c1-3-5-8-18-14(19)10-21-13-7-6-11(9-12(13)16)15(20)17-4-2/h6-7,9H,3-5,8,10,16H2,1-2H3,(H,17,20)(H,18,19). The monoisotopic (exact) mass is 293 g/mol. The Bertz CT molecular complexity index is 489. The number of anilines is 1. The molecule has 6 nitrogen and oxygen atoms in total. The second-order valence-corrected chi connectivity index (χ2v) is 4.60. The first-order chi connectivity index (χ1) is 10.1. The van der Waals surface area contributed by atoms with Gasteiger partial charge in [-0.1, -0.05) is 13.3 Å². The zero-order valence-electron chi connectivity index (χ0n) is 12.6. The first kappa shape index (κ1) is 16.8. The zero-order chi connectivity index (χ0) is 15.7. The molecule has 0 aliphatic heterocycles. The molecule has 0 unspecified atom stereocenters. The number of nitrogen functional groups attached to an aromatic ring is 1. The van der Waals surface area contributed by atoms with Crippen molar-refractivity contribution in [1.82, 2.24) is 10.6 Å². The number of carbonyl (C=O) groups excluding carboxylic acids is 2. The number of unbranched alkanes of at least 4 members (excludes halogenated alkanes) is 1. The van der Waals surface area contributed by atoms with E-state index in [2.05, 4.69) is 17.6 Å². The summed E-state index contributed by atoms with van der Waals surface area (Å²) in [5.41, 5.74) is 6.63. The van der Waals surface area contributed by atoms with E-state index in [1.54, 1.807) is 12.1 Å². The highest BCUT2D eigenvalue weighted by Crippen LogP contribution is 2.22. The first-order valence-corrected chi connectivity index (χ1v) is 7.15. The van der Waals surface area contributed by atoms with Gasteiger partial charge in [0.05, 0.1) is 5.69 Å². The van der Waals surface area contributed by atoms with Crippen LogP contribution in [-0.4, -0.2) is 31.5 Å². The predicted molar refractivity (Wildman–Crippen MR) is 82.3 cm³/mol. The quantitative estimate of drug-likeness (QED) is 0.497. The van der Waals surface area contributed by atoms with E-state index in [9.17, 15) is 9.59 Å². The van der Waals surface area contributed by atoms with E-state index in [0.29, 0.717) is 30.1 Å². The molecule has 1 aromatic carbocycles. The molecule has 2 amide bonds. The Morgan fingerprint density at radius 2 is 2.00 bits per heavy atom. The zero-order valence-corrected chi connectivity index (χ0v) is 12.6. The van der Waals surface area contributed by atoms with E-state index < -0.39 is 0 Å². The molecule has 1 aromatic rings. The molecular weight excluding hydrogens is 270 g/mol. The molecule has 0 aliphatic carbocycles. The van der Waals surface area contributed by atoms with Crippen LogP contribution in [0.1, 0.15) is 37.0 Å². The summed E-state index contributed by atoms with van der Waals surface area (Å²) in [6.45, 7) is 5.00. The van der Waals surface area contributed by atoms with Gasteiger partial charge >= 0.3 is 0 Å². The van der Waals surface area contributed by atoms with E-state index >= 15 is 0 Å². The molecule has 116 valence electrons. The average Bonchev–Trinajstić information content (AvgIpc) is 2.46. The van der Waals surface area contributed by atoms with Crippen LogP contribution >= 0.6 is 0 Å². The first-order valence-electron chi connectivity index (χ1n) is 7.15. The van der Waals surface area contributed by atoms with Gasteiger partial charge in [-0.15, -0.1) is 0 Å². The third-order valence-corrected chi connectivity index (χ3v) is 2.82. The van der Waals surface area contributed by atoms with Crippen LogP contribution in [0.3, 0.4) is 0 Å². The van der Waals surface area contributed by atoms with Gasteiger partial charge in [0.1, 0.15) is 5.75 Å². The molecular formula is C15H23N3O3. The Balaban J connectivity index is 2.53. The minimum atomic E-state index is -0.187. The fourth-order valence-corrected chi connectivity index (χ4v) is 1.68. The number of benzene rings is 1. The van der Waals surface area contributed by atoms with Gasteiger partial charge in [0, 0.05) is 18.7 Å². The van der Waals surface area contributed by atoms with Crippen LogP contribution in [-0.2, 0) is 4.79 Å². The number of nitrogens with two attached hydrogens (primary N) is 1. The number of rotatable bonds is 8. The van der Waals surface area contributed by atoms with E-state index in [-0.39, 0.29) is 18.4 Å². The number of carbonyl (C=O) groups is 2. The summed E-state index contributed by atoms with van der Waals surface area (Å²) in [5, 5.41) is 5.44. The lowest BCUT2D eigenvalue weighted by Crippen LogP contribution is -2.29. The van der Waals surface area contributed by atoms with Crippen molar-refractivity contribution in [3.63, 3.8) is 0 Å². The summed E-state index contributed by atoms with van der Waals surface area (Å²) in [6, 6.07) is 4.75. The Morgan fingerprint density at radius 3 is 2.62 bits per heavy atom. The second-order valence-electron chi connectivity index (χ2n) is 4.60. The third kappa shape index (κ3) is 5.72. The molecule has 0 radical (unpaired) electrons. The number of hydrogen-bond donors (Lipinski definition) is 3. The maximum Gasteiger partial charge on any atom is 0.257 e. The maximum atomic E-state index is 11.6.